The van der Waals surface area contributed by atoms with Crippen molar-refractivity contribution in [1.29, 1.82) is 5.26 Å². The molecule has 1 fully saturated rings. The highest BCUT2D eigenvalue weighted by atomic mass is 19.1. The quantitative estimate of drug-likeness (QED) is 0.431. The molecule has 1 aromatic rings. The maximum absolute atomic E-state index is 13.7. The second kappa shape index (κ2) is 10.1. The lowest BCUT2D eigenvalue weighted by Gasteiger charge is -2.26. The van der Waals surface area contributed by atoms with Crippen molar-refractivity contribution in [2.45, 2.75) is 58.3 Å². The first-order valence-corrected chi connectivity index (χ1v) is 9.22. The van der Waals surface area contributed by atoms with Crippen molar-refractivity contribution in [3.63, 3.8) is 0 Å². The van der Waals surface area contributed by atoms with Crippen LogP contribution in [0.5, 0.6) is 5.75 Å². The zero-order valence-electron chi connectivity index (χ0n) is 14.6. The number of nitriles is 1. The highest BCUT2D eigenvalue weighted by Crippen LogP contribution is 2.32. The van der Waals surface area contributed by atoms with E-state index >= 15 is 0 Å². The number of hydrogen-bond acceptors (Lipinski definition) is 2. The van der Waals surface area contributed by atoms with Crippen LogP contribution in [-0.2, 0) is 0 Å². The van der Waals surface area contributed by atoms with E-state index in [1.807, 2.05) is 12.1 Å². The number of rotatable bonds is 8. The van der Waals surface area contributed by atoms with Crippen molar-refractivity contribution in [3.05, 3.63) is 41.7 Å². The van der Waals surface area contributed by atoms with Crippen LogP contribution < -0.4 is 4.74 Å². The van der Waals surface area contributed by atoms with Gasteiger partial charge in [0.1, 0.15) is 6.61 Å². The predicted molar refractivity (Wildman–Crippen MR) is 95.3 cm³/mol. The molecule has 130 valence electrons. The van der Waals surface area contributed by atoms with Crippen LogP contribution in [0.25, 0.3) is 0 Å². The van der Waals surface area contributed by atoms with Gasteiger partial charge in [-0.25, -0.2) is 4.39 Å². The topological polar surface area (TPSA) is 33.0 Å². The molecule has 0 atom stereocenters. The number of benzene rings is 1. The first-order valence-electron chi connectivity index (χ1n) is 9.22. The van der Waals surface area contributed by atoms with E-state index in [-0.39, 0.29) is 5.75 Å². The lowest BCUT2D eigenvalue weighted by atomic mass is 9.79. The van der Waals surface area contributed by atoms with Gasteiger partial charge in [0, 0.05) is 0 Å². The fourth-order valence-electron chi connectivity index (χ4n) is 3.43. The van der Waals surface area contributed by atoms with Crippen LogP contribution in [0, 0.1) is 29.0 Å². The van der Waals surface area contributed by atoms with Crippen molar-refractivity contribution in [1.82, 2.24) is 0 Å². The number of allylic oxidation sites excluding steroid dienone is 1. The summed E-state index contributed by atoms with van der Waals surface area (Å²) < 4.78 is 19.1. The van der Waals surface area contributed by atoms with Crippen LogP contribution in [0.3, 0.4) is 0 Å². The molecule has 0 saturated heterocycles. The molecule has 0 heterocycles. The fourth-order valence-corrected chi connectivity index (χ4v) is 3.43. The summed E-state index contributed by atoms with van der Waals surface area (Å²) in [5, 5.41) is 8.72. The number of unbranched alkanes of at least 4 members (excludes halogenated alkanes) is 2. The molecule has 1 saturated carbocycles. The van der Waals surface area contributed by atoms with Gasteiger partial charge in [0.25, 0.3) is 0 Å². The summed E-state index contributed by atoms with van der Waals surface area (Å²) in [6, 6.07) is 6.21. The van der Waals surface area contributed by atoms with Crippen LogP contribution in [0.15, 0.2) is 30.4 Å². The van der Waals surface area contributed by atoms with Crippen molar-refractivity contribution >= 4 is 0 Å². The molecule has 0 bridgehead atoms. The van der Waals surface area contributed by atoms with Gasteiger partial charge in [0.05, 0.1) is 11.6 Å². The second-order valence-electron chi connectivity index (χ2n) is 6.77. The Hall–Kier alpha value is -1.82. The summed E-state index contributed by atoms with van der Waals surface area (Å²) >= 11 is 0. The van der Waals surface area contributed by atoms with Crippen LogP contribution >= 0.6 is 0 Å². The minimum absolute atomic E-state index is 0.207. The number of ether oxygens (including phenoxy) is 1. The maximum Gasteiger partial charge on any atom is 0.166 e. The summed E-state index contributed by atoms with van der Waals surface area (Å²) in [5.74, 6) is 1.29. The third kappa shape index (κ3) is 6.00. The summed E-state index contributed by atoms with van der Waals surface area (Å²) in [5.41, 5.74) is 0.311. The van der Waals surface area contributed by atoms with E-state index in [9.17, 15) is 4.39 Å². The minimum atomic E-state index is -0.477. The van der Waals surface area contributed by atoms with Gasteiger partial charge in [0.2, 0.25) is 0 Å². The highest BCUT2D eigenvalue weighted by Gasteiger charge is 2.18. The van der Waals surface area contributed by atoms with Crippen molar-refractivity contribution in [2.75, 3.05) is 6.61 Å². The Morgan fingerprint density at radius 3 is 2.71 bits per heavy atom. The largest absolute Gasteiger partial charge is 0.486 e. The molecule has 0 N–H and O–H groups in total. The number of nitrogens with zero attached hydrogens (tertiary/aromatic N) is 1. The molecule has 1 aliphatic carbocycles. The van der Waals surface area contributed by atoms with E-state index in [2.05, 4.69) is 13.0 Å². The van der Waals surface area contributed by atoms with Crippen molar-refractivity contribution in [2.24, 2.45) is 11.8 Å². The zero-order valence-corrected chi connectivity index (χ0v) is 14.6. The Morgan fingerprint density at radius 2 is 2.04 bits per heavy atom. The lowest BCUT2D eigenvalue weighted by Crippen LogP contribution is -2.13. The van der Waals surface area contributed by atoms with Gasteiger partial charge in [-0.05, 0) is 55.7 Å². The molecular formula is C21H28FNO. The highest BCUT2D eigenvalue weighted by molar-refractivity contribution is 5.36. The Balaban J connectivity index is 1.67. The molecule has 0 amide bonds. The first kappa shape index (κ1) is 18.5. The second-order valence-corrected chi connectivity index (χ2v) is 6.77. The van der Waals surface area contributed by atoms with Gasteiger partial charge in [-0.1, -0.05) is 44.8 Å². The number of halogens is 1. The number of hydrogen-bond donors (Lipinski definition) is 0. The molecule has 24 heavy (non-hydrogen) atoms. The monoisotopic (exact) mass is 329 g/mol. The van der Waals surface area contributed by atoms with Crippen LogP contribution in [0.1, 0.15) is 63.9 Å². The van der Waals surface area contributed by atoms with Crippen molar-refractivity contribution in [3.8, 4) is 11.8 Å². The Morgan fingerprint density at radius 1 is 1.25 bits per heavy atom. The standard InChI is InChI=1S/C21H28FNO/c1-2-3-4-6-17-8-10-18(11-9-17)7-5-14-24-21-13-12-19(16-23)15-20(21)22/h5,7,12-13,15,17-18H,2-4,6,8-11,14H2,1H3/b7-5+. The molecule has 1 aliphatic rings. The van der Waals surface area contributed by atoms with Gasteiger partial charge in [0.15, 0.2) is 11.6 Å². The minimum Gasteiger partial charge on any atom is -0.486 e. The fraction of sp³-hybridized carbons (Fsp3) is 0.571. The van der Waals surface area contributed by atoms with Gasteiger partial charge >= 0.3 is 0 Å². The average Bonchev–Trinajstić information content (AvgIpc) is 2.61. The van der Waals surface area contributed by atoms with Crippen LogP contribution in [-0.4, -0.2) is 6.61 Å². The van der Waals surface area contributed by atoms with E-state index in [0.29, 0.717) is 18.1 Å². The molecule has 3 heteroatoms. The Labute approximate surface area is 145 Å². The van der Waals surface area contributed by atoms with E-state index in [0.717, 1.165) is 5.92 Å². The molecule has 0 unspecified atom stereocenters. The van der Waals surface area contributed by atoms with Crippen molar-refractivity contribution < 1.29 is 9.13 Å². The van der Waals surface area contributed by atoms with Crippen LogP contribution in [0.4, 0.5) is 4.39 Å². The van der Waals surface area contributed by atoms with E-state index < -0.39 is 5.82 Å². The third-order valence-corrected chi connectivity index (χ3v) is 4.91. The van der Waals surface area contributed by atoms with E-state index in [1.165, 1.54) is 63.5 Å². The molecule has 1 aromatic carbocycles. The van der Waals surface area contributed by atoms with Gasteiger partial charge in [-0.3, -0.25) is 0 Å². The first-order chi connectivity index (χ1) is 11.7. The van der Waals surface area contributed by atoms with Gasteiger partial charge in [-0.15, -0.1) is 0 Å². The molecule has 0 aliphatic heterocycles. The molecule has 0 spiro atoms. The Kier molecular flexibility index (Phi) is 7.82. The van der Waals surface area contributed by atoms with Crippen LogP contribution in [0.2, 0.25) is 0 Å². The van der Waals surface area contributed by atoms with E-state index in [4.69, 9.17) is 10.00 Å². The smallest absolute Gasteiger partial charge is 0.166 e. The van der Waals surface area contributed by atoms with Gasteiger partial charge in [-0.2, -0.15) is 5.26 Å². The normalized spacial score (nSPS) is 20.9. The summed E-state index contributed by atoms with van der Waals surface area (Å²) in [6.07, 6.45) is 14.9. The lowest BCUT2D eigenvalue weighted by molar-refractivity contribution is 0.287. The molecule has 0 aromatic heterocycles. The molecule has 0 radical (unpaired) electrons. The SMILES string of the molecule is CCCCCC1CCC(/C=C/COc2ccc(C#N)cc2F)CC1. The Bertz CT molecular complexity index is 568. The predicted octanol–water partition coefficient (Wildman–Crippen LogP) is 6.02. The maximum atomic E-state index is 13.7. The summed E-state index contributed by atoms with van der Waals surface area (Å²) in [6.45, 7) is 2.63. The molecule has 2 rings (SSSR count). The average molecular weight is 329 g/mol. The summed E-state index contributed by atoms with van der Waals surface area (Å²) in [7, 11) is 0. The molecule has 2 nitrogen and oxygen atoms in total. The summed E-state index contributed by atoms with van der Waals surface area (Å²) in [4.78, 5) is 0. The van der Waals surface area contributed by atoms with E-state index in [1.54, 1.807) is 6.07 Å². The molecular weight excluding hydrogens is 301 g/mol. The third-order valence-electron chi connectivity index (χ3n) is 4.91. The zero-order chi connectivity index (χ0) is 17.2. The van der Waals surface area contributed by atoms with Gasteiger partial charge < -0.3 is 4.74 Å².